The van der Waals surface area contributed by atoms with Gasteiger partial charge in [0.05, 0.1) is 17.2 Å². The summed E-state index contributed by atoms with van der Waals surface area (Å²) in [6, 6.07) is -0.115. The first kappa shape index (κ1) is 20.2. The quantitative estimate of drug-likeness (QED) is 0.768. The molecule has 0 radical (unpaired) electrons. The van der Waals surface area contributed by atoms with Gasteiger partial charge in [-0.3, -0.25) is 4.90 Å². The highest BCUT2D eigenvalue weighted by molar-refractivity contribution is 7.09. The van der Waals surface area contributed by atoms with E-state index in [2.05, 4.69) is 55.1 Å². The summed E-state index contributed by atoms with van der Waals surface area (Å²) < 4.78 is 0. The van der Waals surface area contributed by atoms with E-state index >= 15 is 0 Å². The minimum absolute atomic E-state index is 0.0172. The fraction of sp³-hybridized carbons (Fsp3) is 0.789. The van der Waals surface area contributed by atoms with Crippen LogP contribution in [0, 0.1) is 5.92 Å². The number of hydrogen-bond donors (Lipinski definition) is 2. The van der Waals surface area contributed by atoms with E-state index in [1.165, 1.54) is 19.3 Å². The molecule has 0 saturated carbocycles. The fourth-order valence-corrected chi connectivity index (χ4v) is 4.09. The number of rotatable bonds is 7. The molecule has 25 heavy (non-hydrogen) atoms. The SMILES string of the molecule is CCC1CCCN(C(C)(C)CNC(=O)NCc2csc(C(C)C)n2)C1. The zero-order chi connectivity index (χ0) is 18.4. The van der Waals surface area contributed by atoms with Gasteiger partial charge in [-0.25, -0.2) is 9.78 Å². The Morgan fingerprint density at radius 3 is 2.84 bits per heavy atom. The van der Waals surface area contributed by atoms with E-state index in [9.17, 15) is 4.79 Å². The number of likely N-dealkylation sites (tertiary alicyclic amines) is 1. The summed E-state index contributed by atoms with van der Waals surface area (Å²) in [4.78, 5) is 19.2. The number of carbonyl (C=O) groups is 1. The van der Waals surface area contributed by atoms with Crippen molar-refractivity contribution in [2.45, 2.75) is 71.9 Å². The molecule has 2 rings (SSSR count). The fourth-order valence-electron chi connectivity index (χ4n) is 3.26. The van der Waals surface area contributed by atoms with Gasteiger partial charge >= 0.3 is 6.03 Å². The molecule has 0 aliphatic carbocycles. The Morgan fingerprint density at radius 1 is 1.44 bits per heavy atom. The summed E-state index contributed by atoms with van der Waals surface area (Å²) >= 11 is 1.66. The molecule has 6 heteroatoms. The predicted octanol–water partition coefficient (Wildman–Crippen LogP) is 3.97. The van der Waals surface area contributed by atoms with Gasteiger partial charge in [-0.15, -0.1) is 11.3 Å². The third-order valence-electron chi connectivity index (χ3n) is 5.13. The average Bonchev–Trinajstić information content (AvgIpc) is 3.07. The first-order valence-corrected chi connectivity index (χ1v) is 10.4. The van der Waals surface area contributed by atoms with Gasteiger partial charge in [-0.05, 0) is 39.2 Å². The van der Waals surface area contributed by atoms with Crippen LogP contribution in [0.2, 0.25) is 0 Å². The van der Waals surface area contributed by atoms with Crippen LogP contribution in [0.4, 0.5) is 4.79 Å². The molecule has 1 aliphatic rings. The number of carbonyl (C=O) groups excluding carboxylic acids is 1. The molecule has 1 aromatic heterocycles. The Labute approximate surface area is 156 Å². The number of piperidine rings is 1. The van der Waals surface area contributed by atoms with Crippen LogP contribution in [0.5, 0.6) is 0 Å². The zero-order valence-electron chi connectivity index (χ0n) is 16.4. The van der Waals surface area contributed by atoms with Crippen molar-refractivity contribution >= 4 is 17.4 Å². The summed E-state index contributed by atoms with van der Waals surface area (Å²) in [6.45, 7) is 14.4. The van der Waals surface area contributed by atoms with Crippen molar-refractivity contribution in [3.63, 3.8) is 0 Å². The van der Waals surface area contributed by atoms with Gasteiger partial charge in [-0.1, -0.05) is 27.2 Å². The molecule has 0 spiro atoms. The van der Waals surface area contributed by atoms with Crippen molar-refractivity contribution in [1.29, 1.82) is 0 Å². The van der Waals surface area contributed by atoms with Crippen LogP contribution < -0.4 is 10.6 Å². The number of thiazole rings is 1. The first-order chi connectivity index (χ1) is 11.8. The van der Waals surface area contributed by atoms with Crippen LogP contribution in [0.3, 0.4) is 0 Å². The van der Waals surface area contributed by atoms with Crippen LogP contribution in [-0.2, 0) is 6.54 Å². The van der Waals surface area contributed by atoms with Crippen molar-refractivity contribution in [3.05, 3.63) is 16.1 Å². The highest BCUT2D eigenvalue weighted by Gasteiger charge is 2.31. The molecule has 1 saturated heterocycles. The largest absolute Gasteiger partial charge is 0.336 e. The van der Waals surface area contributed by atoms with E-state index in [1.54, 1.807) is 11.3 Å². The smallest absolute Gasteiger partial charge is 0.315 e. The summed E-state index contributed by atoms with van der Waals surface area (Å²) in [5.74, 6) is 1.23. The number of nitrogens with one attached hydrogen (secondary N) is 2. The van der Waals surface area contributed by atoms with E-state index in [-0.39, 0.29) is 11.6 Å². The highest BCUT2D eigenvalue weighted by atomic mass is 32.1. The summed E-state index contributed by atoms with van der Waals surface area (Å²) in [5, 5.41) is 9.10. The Kier molecular flexibility index (Phi) is 7.25. The van der Waals surface area contributed by atoms with Crippen LogP contribution >= 0.6 is 11.3 Å². The normalized spacial score (nSPS) is 19.2. The van der Waals surface area contributed by atoms with Gasteiger partial charge < -0.3 is 10.6 Å². The minimum Gasteiger partial charge on any atom is -0.336 e. The van der Waals surface area contributed by atoms with Gasteiger partial charge in [0.25, 0.3) is 0 Å². The Balaban J connectivity index is 1.76. The maximum Gasteiger partial charge on any atom is 0.315 e. The van der Waals surface area contributed by atoms with Crippen molar-refractivity contribution in [2.75, 3.05) is 19.6 Å². The van der Waals surface area contributed by atoms with Gasteiger partial charge in [0.2, 0.25) is 0 Å². The number of aromatic nitrogens is 1. The van der Waals surface area contributed by atoms with Crippen molar-refractivity contribution in [2.24, 2.45) is 5.92 Å². The van der Waals surface area contributed by atoms with Crippen LogP contribution in [0.25, 0.3) is 0 Å². The number of nitrogens with zero attached hydrogens (tertiary/aromatic N) is 2. The third kappa shape index (κ3) is 5.96. The van der Waals surface area contributed by atoms with Crippen molar-refractivity contribution in [3.8, 4) is 0 Å². The summed E-state index contributed by atoms with van der Waals surface area (Å²) in [7, 11) is 0. The molecule has 0 bridgehead atoms. The second-order valence-corrected chi connectivity index (χ2v) is 8.93. The molecule has 0 aromatic carbocycles. The molecule has 1 fully saturated rings. The van der Waals surface area contributed by atoms with Gasteiger partial charge in [-0.2, -0.15) is 0 Å². The Morgan fingerprint density at radius 2 is 2.20 bits per heavy atom. The van der Waals surface area contributed by atoms with E-state index in [0.29, 0.717) is 19.0 Å². The summed E-state index contributed by atoms with van der Waals surface area (Å²) in [5.41, 5.74) is 0.918. The Bertz CT molecular complexity index is 555. The topological polar surface area (TPSA) is 57.3 Å². The molecular weight excluding hydrogens is 332 g/mol. The molecule has 1 atom stereocenters. The lowest BCUT2D eigenvalue weighted by Crippen LogP contribution is -2.55. The van der Waals surface area contributed by atoms with Crippen LogP contribution in [0.15, 0.2) is 5.38 Å². The number of hydrogen-bond acceptors (Lipinski definition) is 4. The monoisotopic (exact) mass is 366 g/mol. The standard InChI is InChI=1S/C19H34N4OS/c1-6-15-8-7-9-23(11-15)19(4,5)13-21-18(24)20-10-16-12-25-17(22-16)14(2)3/h12,14-15H,6-11,13H2,1-5H3,(H2,20,21,24). The molecule has 2 heterocycles. The predicted molar refractivity (Wildman–Crippen MR) is 105 cm³/mol. The first-order valence-electron chi connectivity index (χ1n) is 9.53. The summed E-state index contributed by atoms with van der Waals surface area (Å²) in [6.07, 6.45) is 3.84. The lowest BCUT2D eigenvalue weighted by atomic mass is 9.91. The molecule has 2 N–H and O–H groups in total. The molecule has 5 nitrogen and oxygen atoms in total. The molecule has 1 aromatic rings. The van der Waals surface area contributed by atoms with Crippen LogP contribution in [-0.4, -0.2) is 41.1 Å². The second kappa shape index (κ2) is 8.99. The van der Waals surface area contributed by atoms with Gasteiger partial charge in [0.1, 0.15) is 0 Å². The van der Waals surface area contributed by atoms with Gasteiger partial charge in [0, 0.05) is 29.9 Å². The molecule has 2 amide bonds. The third-order valence-corrected chi connectivity index (χ3v) is 6.32. The van der Waals surface area contributed by atoms with Gasteiger partial charge in [0.15, 0.2) is 0 Å². The minimum atomic E-state index is -0.115. The average molecular weight is 367 g/mol. The highest BCUT2D eigenvalue weighted by Crippen LogP contribution is 2.25. The second-order valence-electron chi connectivity index (χ2n) is 8.04. The number of amides is 2. The molecule has 1 unspecified atom stereocenters. The van der Waals surface area contributed by atoms with Crippen LogP contribution in [0.1, 0.15) is 70.5 Å². The van der Waals surface area contributed by atoms with Crippen molar-refractivity contribution in [1.82, 2.24) is 20.5 Å². The number of urea groups is 1. The van der Waals surface area contributed by atoms with E-state index in [4.69, 9.17) is 0 Å². The molecular formula is C19H34N4OS. The lowest BCUT2D eigenvalue weighted by Gasteiger charge is -2.43. The zero-order valence-corrected chi connectivity index (χ0v) is 17.2. The maximum absolute atomic E-state index is 12.1. The van der Waals surface area contributed by atoms with E-state index in [0.717, 1.165) is 29.7 Å². The molecule has 1 aliphatic heterocycles. The van der Waals surface area contributed by atoms with E-state index in [1.807, 2.05) is 5.38 Å². The lowest BCUT2D eigenvalue weighted by molar-refractivity contribution is 0.0665. The van der Waals surface area contributed by atoms with Crippen molar-refractivity contribution < 1.29 is 4.79 Å². The Hall–Kier alpha value is -1.14. The molecule has 142 valence electrons. The maximum atomic E-state index is 12.1. The van der Waals surface area contributed by atoms with E-state index < -0.39 is 0 Å².